The third kappa shape index (κ3) is 19.2. The van der Waals surface area contributed by atoms with Crippen molar-refractivity contribution in [3.8, 4) is 0 Å². The van der Waals surface area contributed by atoms with Crippen LogP contribution >= 0.6 is 0 Å². The number of aliphatic hydroxyl groups excluding tert-OH is 5. The molecule has 0 aliphatic carbocycles. The number of allylic oxidation sites excluding steroid dienone is 9. The van der Waals surface area contributed by atoms with Gasteiger partial charge >= 0.3 is 0 Å². The first-order valence-corrected chi connectivity index (χ1v) is 17.0. The number of carbonyl (C=O) groups excluding carboxylic acids is 1. The Morgan fingerprint density at radius 3 is 2.11 bits per heavy atom. The molecule has 9 nitrogen and oxygen atoms in total. The zero-order valence-corrected chi connectivity index (χ0v) is 27.6. The molecule has 1 aliphatic heterocycles. The maximum absolute atomic E-state index is 12.8. The van der Waals surface area contributed by atoms with Crippen LogP contribution in [0.5, 0.6) is 0 Å². The highest BCUT2D eigenvalue weighted by atomic mass is 16.7. The number of amides is 1. The first-order valence-electron chi connectivity index (χ1n) is 17.0. The number of ether oxygens (including phenoxy) is 2. The molecule has 7 unspecified atom stereocenters. The van der Waals surface area contributed by atoms with E-state index in [0.717, 1.165) is 77.0 Å². The Labute approximate surface area is 271 Å². The molecule has 1 rings (SSSR count). The SMILES string of the molecule is C/C=C/CC/C=C/CC/C=C/C(O)C(COC1OC(CO)C(O)C(O)C1O)NC(=O)CCCCCCC/C=C\C/C=C\CCC. The second-order valence-electron chi connectivity index (χ2n) is 11.6. The van der Waals surface area contributed by atoms with Crippen LogP contribution in [0.1, 0.15) is 104 Å². The monoisotopic (exact) mass is 635 g/mol. The standard InChI is InChI=1S/C36H61NO8/c1-3-5-7-9-11-13-14-15-16-18-20-22-24-26-32(40)37-29(30(39)25-23-21-19-17-12-10-8-6-4-2)28-44-36-35(43)34(42)33(41)31(27-38)45-36/h4,6-7,9,12-14,17,23,25,29-31,33-36,38-39,41-43H,3,5,8,10-11,15-16,18-22,24,26-28H2,1-2H3,(H,37,40)/b6-4+,9-7-,14-13-,17-12+,25-23+. The highest BCUT2D eigenvalue weighted by Crippen LogP contribution is 2.22. The molecule has 7 atom stereocenters. The fourth-order valence-corrected chi connectivity index (χ4v) is 4.82. The van der Waals surface area contributed by atoms with E-state index < -0.39 is 49.5 Å². The maximum Gasteiger partial charge on any atom is 0.220 e. The lowest BCUT2D eigenvalue weighted by Crippen LogP contribution is -2.60. The molecule has 0 saturated carbocycles. The minimum absolute atomic E-state index is 0.215. The summed E-state index contributed by atoms with van der Waals surface area (Å²) in [5.74, 6) is -0.215. The predicted octanol–water partition coefficient (Wildman–Crippen LogP) is 4.93. The van der Waals surface area contributed by atoms with E-state index >= 15 is 0 Å². The molecule has 1 aliphatic rings. The Balaban J connectivity index is 2.54. The van der Waals surface area contributed by atoms with Crippen molar-refractivity contribution in [2.45, 2.75) is 147 Å². The van der Waals surface area contributed by atoms with Crippen molar-refractivity contribution in [2.24, 2.45) is 0 Å². The van der Waals surface area contributed by atoms with E-state index in [4.69, 9.17) is 9.47 Å². The van der Waals surface area contributed by atoms with Gasteiger partial charge in [0.05, 0.1) is 25.4 Å². The van der Waals surface area contributed by atoms with E-state index in [1.54, 1.807) is 6.08 Å². The normalized spacial score (nSPS) is 24.1. The molecule has 0 bridgehead atoms. The molecule has 0 aromatic carbocycles. The van der Waals surface area contributed by atoms with Crippen molar-refractivity contribution < 1.29 is 39.8 Å². The average Bonchev–Trinajstić information content (AvgIpc) is 3.04. The zero-order valence-electron chi connectivity index (χ0n) is 27.6. The lowest BCUT2D eigenvalue weighted by molar-refractivity contribution is -0.302. The predicted molar refractivity (Wildman–Crippen MR) is 179 cm³/mol. The van der Waals surface area contributed by atoms with Crippen molar-refractivity contribution in [1.82, 2.24) is 5.32 Å². The molecule has 0 aromatic heterocycles. The van der Waals surface area contributed by atoms with E-state index in [1.807, 2.05) is 19.1 Å². The molecule has 0 spiro atoms. The zero-order chi connectivity index (χ0) is 33.1. The van der Waals surface area contributed by atoms with Gasteiger partial charge in [0.1, 0.15) is 24.4 Å². The number of hydrogen-bond acceptors (Lipinski definition) is 8. The molecule has 45 heavy (non-hydrogen) atoms. The van der Waals surface area contributed by atoms with Crippen LogP contribution in [0.4, 0.5) is 0 Å². The van der Waals surface area contributed by atoms with Gasteiger partial charge in [0.15, 0.2) is 6.29 Å². The molecule has 258 valence electrons. The smallest absolute Gasteiger partial charge is 0.220 e. The molecule has 9 heteroatoms. The quantitative estimate of drug-likeness (QED) is 0.0611. The summed E-state index contributed by atoms with van der Waals surface area (Å²) in [6.07, 6.45) is 25.7. The Hall–Kier alpha value is -2.11. The summed E-state index contributed by atoms with van der Waals surface area (Å²) < 4.78 is 11.1. The minimum atomic E-state index is -1.58. The lowest BCUT2D eigenvalue weighted by Gasteiger charge is -2.40. The molecular weight excluding hydrogens is 574 g/mol. The van der Waals surface area contributed by atoms with Crippen molar-refractivity contribution >= 4 is 5.91 Å². The summed E-state index contributed by atoms with van der Waals surface area (Å²) in [5.41, 5.74) is 0. The van der Waals surface area contributed by atoms with Gasteiger partial charge in [-0.05, 0) is 64.7 Å². The van der Waals surface area contributed by atoms with Crippen LogP contribution in [0.2, 0.25) is 0 Å². The van der Waals surface area contributed by atoms with Crippen LogP contribution in [0.25, 0.3) is 0 Å². The number of carbonyl (C=O) groups is 1. The first kappa shape index (κ1) is 40.9. The summed E-state index contributed by atoms with van der Waals surface area (Å²) in [7, 11) is 0. The van der Waals surface area contributed by atoms with E-state index in [2.05, 4.69) is 54.8 Å². The van der Waals surface area contributed by atoms with Gasteiger partial charge in [-0.25, -0.2) is 0 Å². The Bertz CT molecular complexity index is 884. The fraction of sp³-hybridized carbons (Fsp3) is 0.694. The minimum Gasteiger partial charge on any atom is -0.394 e. The molecule has 0 radical (unpaired) electrons. The molecule has 0 aromatic rings. The second kappa shape index (κ2) is 27.0. The summed E-state index contributed by atoms with van der Waals surface area (Å²) in [4.78, 5) is 12.8. The topological polar surface area (TPSA) is 149 Å². The second-order valence-corrected chi connectivity index (χ2v) is 11.6. The molecular formula is C36H61NO8. The molecule has 1 heterocycles. The summed E-state index contributed by atoms with van der Waals surface area (Å²) in [6.45, 7) is 3.38. The first-order chi connectivity index (χ1) is 21.8. The van der Waals surface area contributed by atoms with Gasteiger partial charge in [0, 0.05) is 6.42 Å². The number of nitrogens with one attached hydrogen (secondary N) is 1. The number of unbranched alkanes of at least 4 members (excludes halogenated alkanes) is 8. The van der Waals surface area contributed by atoms with E-state index in [9.17, 15) is 30.3 Å². The van der Waals surface area contributed by atoms with Crippen LogP contribution < -0.4 is 5.32 Å². The third-order valence-corrected chi connectivity index (χ3v) is 7.62. The van der Waals surface area contributed by atoms with Gasteiger partial charge in [-0.3, -0.25) is 4.79 Å². The number of hydrogen-bond donors (Lipinski definition) is 6. The van der Waals surface area contributed by atoms with Crippen LogP contribution in [0.15, 0.2) is 60.8 Å². The summed E-state index contributed by atoms with van der Waals surface area (Å²) in [6, 6.07) is -0.832. The van der Waals surface area contributed by atoms with Crippen molar-refractivity contribution in [3.63, 3.8) is 0 Å². The fourth-order valence-electron chi connectivity index (χ4n) is 4.82. The Morgan fingerprint density at radius 1 is 0.800 bits per heavy atom. The molecule has 6 N–H and O–H groups in total. The highest BCUT2D eigenvalue weighted by molar-refractivity contribution is 5.76. The van der Waals surface area contributed by atoms with Gasteiger partial charge in [-0.1, -0.05) is 93.4 Å². The van der Waals surface area contributed by atoms with E-state index in [-0.39, 0.29) is 12.5 Å². The largest absolute Gasteiger partial charge is 0.394 e. The van der Waals surface area contributed by atoms with Gasteiger partial charge < -0.3 is 40.3 Å². The Morgan fingerprint density at radius 2 is 1.42 bits per heavy atom. The van der Waals surface area contributed by atoms with Crippen LogP contribution in [-0.2, 0) is 14.3 Å². The lowest BCUT2D eigenvalue weighted by atomic mass is 9.99. The van der Waals surface area contributed by atoms with Crippen LogP contribution in [0.3, 0.4) is 0 Å². The van der Waals surface area contributed by atoms with Crippen molar-refractivity contribution in [1.29, 1.82) is 0 Å². The number of rotatable bonds is 25. The summed E-state index contributed by atoms with van der Waals surface area (Å²) >= 11 is 0. The van der Waals surface area contributed by atoms with Crippen LogP contribution in [0, 0.1) is 0 Å². The third-order valence-electron chi connectivity index (χ3n) is 7.62. The molecule has 1 fully saturated rings. The van der Waals surface area contributed by atoms with Gasteiger partial charge in [0.25, 0.3) is 0 Å². The van der Waals surface area contributed by atoms with Crippen molar-refractivity contribution in [3.05, 3.63) is 60.8 Å². The molecule has 1 amide bonds. The van der Waals surface area contributed by atoms with Gasteiger partial charge in [0.2, 0.25) is 5.91 Å². The van der Waals surface area contributed by atoms with Crippen LogP contribution in [-0.4, -0.2) is 87.5 Å². The maximum atomic E-state index is 12.8. The highest BCUT2D eigenvalue weighted by Gasteiger charge is 2.44. The molecule has 1 saturated heterocycles. The number of aliphatic hydroxyl groups is 5. The van der Waals surface area contributed by atoms with E-state index in [1.165, 1.54) is 6.42 Å². The van der Waals surface area contributed by atoms with Gasteiger partial charge in [-0.15, -0.1) is 0 Å². The summed E-state index contributed by atoms with van der Waals surface area (Å²) in [5, 5.41) is 53.6. The van der Waals surface area contributed by atoms with Crippen molar-refractivity contribution in [2.75, 3.05) is 13.2 Å². The average molecular weight is 636 g/mol. The van der Waals surface area contributed by atoms with Gasteiger partial charge in [-0.2, -0.15) is 0 Å². The Kier molecular flexibility index (Phi) is 24.6. The van der Waals surface area contributed by atoms with E-state index in [0.29, 0.717) is 6.42 Å².